The lowest BCUT2D eigenvalue weighted by atomic mass is 10.1. The Hall–Kier alpha value is 0.230. The summed E-state index contributed by atoms with van der Waals surface area (Å²) in [4.78, 5) is 2.46. The number of nitrogens with two attached hydrogens (primary N) is 1. The molecule has 2 atom stereocenters. The van der Waals surface area contributed by atoms with Gasteiger partial charge in [-0.15, -0.1) is 0 Å². The van der Waals surface area contributed by atoms with Gasteiger partial charge in [-0.05, 0) is 31.4 Å². The fourth-order valence-corrected chi connectivity index (χ4v) is 2.78. The normalized spacial score (nSPS) is 15.4. The van der Waals surface area contributed by atoms with E-state index in [4.69, 9.17) is 10.5 Å². The molecule has 3 nitrogen and oxygen atoms in total. The van der Waals surface area contributed by atoms with Gasteiger partial charge in [0.15, 0.2) is 0 Å². The van der Waals surface area contributed by atoms with Gasteiger partial charge in [-0.1, -0.05) is 13.8 Å². The number of nitrogens with zero attached hydrogens (tertiary/aromatic N) is 1. The average Bonchev–Trinajstić information content (AvgIpc) is 2.28. The molecule has 4 heteroatoms. The highest BCUT2D eigenvalue weighted by Crippen LogP contribution is 2.12. The number of likely N-dealkylation sites (N-methyl/N-ethyl adjacent to an activating group) is 1. The van der Waals surface area contributed by atoms with Gasteiger partial charge in [0.1, 0.15) is 0 Å². The first-order valence-corrected chi connectivity index (χ1v) is 7.39. The molecule has 98 valence electrons. The minimum atomic E-state index is 0.454. The van der Waals surface area contributed by atoms with Crippen molar-refractivity contribution >= 4 is 11.8 Å². The van der Waals surface area contributed by atoms with E-state index in [9.17, 15) is 0 Å². The Kier molecular flexibility index (Phi) is 10.5. The molecule has 0 bridgehead atoms. The van der Waals surface area contributed by atoms with Gasteiger partial charge in [0.05, 0.1) is 6.61 Å². The quantitative estimate of drug-likeness (QED) is 0.599. The van der Waals surface area contributed by atoms with Crippen molar-refractivity contribution in [3.05, 3.63) is 0 Å². The van der Waals surface area contributed by atoms with Crippen LogP contribution in [0.4, 0.5) is 0 Å². The van der Waals surface area contributed by atoms with Gasteiger partial charge in [0.25, 0.3) is 0 Å². The minimum Gasteiger partial charge on any atom is -0.383 e. The zero-order valence-corrected chi connectivity index (χ0v) is 12.1. The van der Waals surface area contributed by atoms with Crippen molar-refractivity contribution in [2.24, 2.45) is 5.73 Å². The van der Waals surface area contributed by atoms with Gasteiger partial charge in [-0.2, -0.15) is 11.8 Å². The van der Waals surface area contributed by atoms with Crippen molar-refractivity contribution < 1.29 is 4.74 Å². The summed E-state index contributed by atoms with van der Waals surface area (Å²) >= 11 is 1.99. The van der Waals surface area contributed by atoms with Crippen LogP contribution in [0.15, 0.2) is 0 Å². The van der Waals surface area contributed by atoms with E-state index >= 15 is 0 Å². The van der Waals surface area contributed by atoms with Crippen LogP contribution in [-0.4, -0.2) is 55.3 Å². The summed E-state index contributed by atoms with van der Waals surface area (Å²) in [6.07, 6.45) is 1.18. The summed E-state index contributed by atoms with van der Waals surface area (Å²) in [6.45, 7) is 9.18. The summed E-state index contributed by atoms with van der Waals surface area (Å²) in [5.74, 6) is 2.39. The van der Waals surface area contributed by atoms with Crippen LogP contribution in [0.3, 0.4) is 0 Å². The van der Waals surface area contributed by atoms with Crippen LogP contribution in [0, 0.1) is 0 Å². The van der Waals surface area contributed by atoms with Gasteiger partial charge in [-0.25, -0.2) is 0 Å². The smallest absolute Gasteiger partial charge is 0.0615 e. The van der Waals surface area contributed by atoms with E-state index in [2.05, 4.69) is 25.7 Å². The van der Waals surface area contributed by atoms with Gasteiger partial charge in [-0.3, -0.25) is 4.90 Å². The fraction of sp³-hybridized carbons (Fsp3) is 1.00. The van der Waals surface area contributed by atoms with Gasteiger partial charge in [0.2, 0.25) is 0 Å². The monoisotopic (exact) mass is 248 g/mol. The maximum atomic E-state index is 5.87. The summed E-state index contributed by atoms with van der Waals surface area (Å²) in [7, 11) is 1.76. The van der Waals surface area contributed by atoms with Crippen LogP contribution in [0.5, 0.6) is 0 Å². The number of ether oxygens (including phenoxy) is 1. The molecule has 0 heterocycles. The third-order valence-corrected chi connectivity index (χ3v) is 3.81. The second-order valence-electron chi connectivity index (χ2n) is 4.01. The van der Waals surface area contributed by atoms with E-state index in [-0.39, 0.29) is 0 Å². The van der Waals surface area contributed by atoms with E-state index in [1.165, 1.54) is 17.9 Å². The van der Waals surface area contributed by atoms with Crippen LogP contribution in [-0.2, 0) is 4.74 Å². The summed E-state index contributed by atoms with van der Waals surface area (Å²) in [6, 6.07) is 0.948. The molecule has 2 unspecified atom stereocenters. The number of rotatable bonds is 10. The Morgan fingerprint density at radius 3 is 2.50 bits per heavy atom. The second-order valence-corrected chi connectivity index (χ2v) is 5.40. The molecule has 0 saturated carbocycles. The Bertz CT molecular complexity index is 158. The highest BCUT2D eigenvalue weighted by atomic mass is 32.2. The predicted octanol–water partition coefficient (Wildman–Crippen LogP) is 1.81. The summed E-state index contributed by atoms with van der Waals surface area (Å²) in [5, 5.41) is 0. The number of hydrogen-bond donors (Lipinski definition) is 1. The van der Waals surface area contributed by atoms with Crippen molar-refractivity contribution in [2.75, 3.05) is 38.3 Å². The molecule has 0 spiro atoms. The third kappa shape index (κ3) is 6.09. The first-order valence-electron chi connectivity index (χ1n) is 6.23. The lowest BCUT2D eigenvalue weighted by Gasteiger charge is -2.34. The largest absolute Gasteiger partial charge is 0.383 e. The highest BCUT2D eigenvalue weighted by Gasteiger charge is 2.20. The molecule has 0 aliphatic carbocycles. The van der Waals surface area contributed by atoms with E-state index in [1.807, 2.05) is 11.8 Å². The van der Waals surface area contributed by atoms with Gasteiger partial charge in [0, 0.05) is 25.7 Å². The topological polar surface area (TPSA) is 38.5 Å². The van der Waals surface area contributed by atoms with Crippen molar-refractivity contribution in [2.45, 2.75) is 39.3 Å². The summed E-state index contributed by atoms with van der Waals surface area (Å²) in [5.41, 5.74) is 5.87. The molecule has 0 fully saturated rings. The first-order chi connectivity index (χ1) is 7.71. The first kappa shape index (κ1) is 16.2. The molecule has 0 aromatic rings. The van der Waals surface area contributed by atoms with Crippen molar-refractivity contribution in [3.8, 4) is 0 Å². The molecule has 2 N–H and O–H groups in total. The molecule has 0 aliphatic rings. The molecule has 0 saturated heterocycles. The lowest BCUT2D eigenvalue weighted by molar-refractivity contribution is 0.0744. The fourth-order valence-electron chi connectivity index (χ4n) is 2.05. The van der Waals surface area contributed by atoms with Gasteiger partial charge < -0.3 is 10.5 Å². The van der Waals surface area contributed by atoms with Crippen LogP contribution in [0.2, 0.25) is 0 Å². The zero-order valence-electron chi connectivity index (χ0n) is 11.2. The Morgan fingerprint density at radius 2 is 2.06 bits per heavy atom. The van der Waals surface area contributed by atoms with Crippen molar-refractivity contribution in [1.29, 1.82) is 0 Å². The molecule has 16 heavy (non-hydrogen) atoms. The maximum Gasteiger partial charge on any atom is 0.0615 e. The molecular formula is C12H28N2OS. The Balaban J connectivity index is 4.14. The number of thioether (sulfide) groups is 1. The predicted molar refractivity (Wildman–Crippen MR) is 74.2 cm³/mol. The van der Waals surface area contributed by atoms with Crippen LogP contribution >= 0.6 is 11.8 Å². The van der Waals surface area contributed by atoms with Crippen LogP contribution in [0.25, 0.3) is 0 Å². The standard InChI is InChI=1S/C12H28N2OS/c1-5-14(11(3)10-15-4)12(9-13)7-8-16-6-2/h11-12H,5-10,13H2,1-4H3. The van der Waals surface area contributed by atoms with Gasteiger partial charge >= 0.3 is 0 Å². The van der Waals surface area contributed by atoms with Crippen molar-refractivity contribution in [3.63, 3.8) is 0 Å². The lowest BCUT2D eigenvalue weighted by Crippen LogP contribution is -2.47. The Morgan fingerprint density at radius 1 is 1.38 bits per heavy atom. The molecule has 0 rings (SSSR count). The molecule has 0 aromatic carbocycles. The van der Waals surface area contributed by atoms with Crippen molar-refractivity contribution in [1.82, 2.24) is 4.90 Å². The highest BCUT2D eigenvalue weighted by molar-refractivity contribution is 7.99. The van der Waals surface area contributed by atoms with Crippen LogP contribution < -0.4 is 5.73 Å². The molecule has 0 radical (unpaired) electrons. The van der Waals surface area contributed by atoms with E-state index < -0.39 is 0 Å². The minimum absolute atomic E-state index is 0.454. The molecule has 0 aliphatic heterocycles. The Labute approximate surface area is 105 Å². The van der Waals surface area contributed by atoms with E-state index in [0.29, 0.717) is 12.1 Å². The zero-order chi connectivity index (χ0) is 12.4. The molecule has 0 amide bonds. The average molecular weight is 248 g/mol. The third-order valence-electron chi connectivity index (χ3n) is 2.88. The number of methoxy groups -OCH3 is 1. The van der Waals surface area contributed by atoms with Crippen LogP contribution in [0.1, 0.15) is 27.2 Å². The number of hydrogen-bond acceptors (Lipinski definition) is 4. The molecular weight excluding hydrogens is 220 g/mol. The molecule has 0 aromatic heterocycles. The second kappa shape index (κ2) is 10.4. The van der Waals surface area contributed by atoms with E-state index in [1.54, 1.807) is 7.11 Å². The van der Waals surface area contributed by atoms with E-state index in [0.717, 1.165) is 19.7 Å². The maximum absolute atomic E-state index is 5.87. The SMILES string of the molecule is CCSCCC(CN)N(CC)C(C)COC. The summed E-state index contributed by atoms with van der Waals surface area (Å²) < 4.78 is 5.22.